The maximum Gasteiger partial charge on any atom is 0.228 e. The maximum absolute atomic E-state index is 11.7. The van der Waals surface area contributed by atoms with Gasteiger partial charge in [0.05, 0.1) is 0 Å². The summed E-state index contributed by atoms with van der Waals surface area (Å²) in [7, 11) is 0. The third-order valence-electron chi connectivity index (χ3n) is 2.88. The quantitative estimate of drug-likeness (QED) is 0.859. The number of hydrogen-bond acceptors (Lipinski definition) is 3. The average molecular weight is 294 g/mol. The highest BCUT2D eigenvalue weighted by atomic mass is 35.5. The molecular weight excluding hydrogens is 274 g/mol. The van der Waals surface area contributed by atoms with E-state index in [9.17, 15) is 4.79 Å². The molecule has 1 unspecified atom stereocenters. The third kappa shape index (κ3) is 4.17. The Morgan fingerprint density at radius 3 is 2.50 bits per heavy atom. The molecule has 2 heterocycles. The first-order chi connectivity index (χ1) is 9.60. The summed E-state index contributed by atoms with van der Waals surface area (Å²) in [5.41, 5.74) is 0. The van der Waals surface area contributed by atoms with Crippen LogP contribution >= 0.6 is 11.6 Å². The van der Waals surface area contributed by atoms with Gasteiger partial charge < -0.3 is 5.32 Å². The van der Waals surface area contributed by atoms with E-state index in [0.29, 0.717) is 11.0 Å². The summed E-state index contributed by atoms with van der Waals surface area (Å²) in [5.74, 6) is 0.494. The third-order valence-corrected chi connectivity index (χ3v) is 3.09. The second-order valence-electron chi connectivity index (χ2n) is 4.22. The Bertz CT molecular complexity index is 586. The van der Waals surface area contributed by atoms with Gasteiger partial charge in [0.25, 0.3) is 0 Å². The average Bonchev–Trinajstić information content (AvgIpc) is 2.48. The van der Waals surface area contributed by atoms with E-state index >= 15 is 0 Å². The van der Waals surface area contributed by atoms with Crippen LogP contribution in [0.1, 0.15) is 34.1 Å². The first kappa shape index (κ1) is 16.4. The van der Waals surface area contributed by atoms with E-state index < -0.39 is 0 Å². The summed E-state index contributed by atoms with van der Waals surface area (Å²) < 4.78 is 0. The van der Waals surface area contributed by atoms with Gasteiger partial charge in [-0.2, -0.15) is 0 Å². The zero-order valence-electron chi connectivity index (χ0n) is 12.3. The molecule has 1 N–H and O–H groups in total. The number of carbonyl (C=O) groups is 1. The minimum absolute atomic E-state index is 0.0220. The number of carbonyl (C=O) groups excluding carboxylic acids is 1. The smallest absolute Gasteiger partial charge is 0.228 e. The highest BCUT2D eigenvalue weighted by Crippen LogP contribution is 2.19. The van der Waals surface area contributed by atoms with Crippen molar-refractivity contribution in [3.63, 3.8) is 0 Å². The van der Waals surface area contributed by atoms with Gasteiger partial charge in [0.1, 0.15) is 11.0 Å². The monoisotopic (exact) mass is 293 g/mol. The second-order valence-corrected chi connectivity index (χ2v) is 4.61. The molecule has 0 aromatic carbocycles. The molecule has 2 rings (SSSR count). The number of halogens is 1. The topological polar surface area (TPSA) is 54.9 Å². The largest absolute Gasteiger partial charge is 0.310 e. The van der Waals surface area contributed by atoms with Gasteiger partial charge in [-0.15, -0.1) is 0 Å². The van der Waals surface area contributed by atoms with Gasteiger partial charge in [0, 0.05) is 29.1 Å². The van der Waals surface area contributed by atoms with Crippen LogP contribution in [0.25, 0.3) is 10.8 Å². The van der Waals surface area contributed by atoms with Gasteiger partial charge >= 0.3 is 0 Å². The number of aromatic nitrogens is 2. The lowest BCUT2D eigenvalue weighted by atomic mass is 10.1. The number of anilines is 1. The minimum Gasteiger partial charge on any atom is -0.310 e. The Hall–Kier alpha value is -1.68. The Morgan fingerprint density at radius 1 is 1.25 bits per heavy atom. The molecule has 1 atom stereocenters. The molecular formula is C15H20ClN3O. The van der Waals surface area contributed by atoms with E-state index in [1.807, 2.05) is 27.7 Å². The zero-order valence-corrected chi connectivity index (χ0v) is 13.0. The minimum atomic E-state index is -0.0224. The molecule has 0 saturated carbocycles. The molecule has 0 saturated heterocycles. The molecule has 108 valence electrons. The first-order valence-electron chi connectivity index (χ1n) is 6.82. The number of hydrogen-bond donors (Lipinski definition) is 1. The van der Waals surface area contributed by atoms with Gasteiger partial charge in [0.15, 0.2) is 0 Å². The van der Waals surface area contributed by atoms with Crippen LogP contribution in [0.4, 0.5) is 5.82 Å². The van der Waals surface area contributed by atoms with E-state index in [1.165, 1.54) is 0 Å². The molecule has 1 amide bonds. The fourth-order valence-electron chi connectivity index (χ4n) is 1.51. The van der Waals surface area contributed by atoms with Crippen molar-refractivity contribution >= 4 is 34.1 Å². The van der Waals surface area contributed by atoms with Gasteiger partial charge in [-0.1, -0.05) is 39.3 Å². The molecule has 0 bridgehead atoms. The molecule has 4 nitrogen and oxygen atoms in total. The lowest BCUT2D eigenvalue weighted by Crippen LogP contribution is -2.20. The van der Waals surface area contributed by atoms with Crippen molar-refractivity contribution in [1.82, 2.24) is 9.97 Å². The number of rotatable bonds is 3. The van der Waals surface area contributed by atoms with Crippen molar-refractivity contribution in [2.75, 3.05) is 5.32 Å². The Balaban J connectivity index is 0.000000956. The van der Waals surface area contributed by atoms with Crippen LogP contribution in [0.5, 0.6) is 0 Å². The van der Waals surface area contributed by atoms with Crippen LogP contribution in [-0.2, 0) is 4.79 Å². The summed E-state index contributed by atoms with van der Waals surface area (Å²) in [4.78, 5) is 19.9. The van der Waals surface area contributed by atoms with Crippen molar-refractivity contribution in [3.05, 3.63) is 29.7 Å². The maximum atomic E-state index is 11.7. The first-order valence-corrected chi connectivity index (χ1v) is 7.20. The summed E-state index contributed by atoms with van der Waals surface area (Å²) in [6.45, 7) is 7.86. The highest BCUT2D eigenvalue weighted by Gasteiger charge is 2.11. The Labute approximate surface area is 124 Å². The molecule has 5 heteroatoms. The van der Waals surface area contributed by atoms with Crippen molar-refractivity contribution in [1.29, 1.82) is 0 Å². The summed E-state index contributed by atoms with van der Waals surface area (Å²) in [5, 5.41) is 5.02. The molecule has 0 radical (unpaired) electrons. The predicted octanol–water partition coefficient (Wildman–Crippen LogP) is 4.29. The summed E-state index contributed by atoms with van der Waals surface area (Å²) in [6.07, 6.45) is 4.14. The lowest BCUT2D eigenvalue weighted by molar-refractivity contribution is -0.119. The van der Waals surface area contributed by atoms with Gasteiger partial charge in [-0.05, 0) is 18.6 Å². The molecule has 0 aliphatic carbocycles. The van der Waals surface area contributed by atoms with Gasteiger partial charge in [-0.25, -0.2) is 9.97 Å². The predicted molar refractivity (Wildman–Crippen MR) is 84.0 cm³/mol. The zero-order chi connectivity index (χ0) is 15.1. The fraction of sp³-hybridized carbons (Fsp3) is 0.400. The molecule has 0 aliphatic heterocycles. The Morgan fingerprint density at radius 2 is 1.85 bits per heavy atom. The van der Waals surface area contributed by atoms with Crippen molar-refractivity contribution in [3.8, 4) is 0 Å². The van der Waals surface area contributed by atoms with Gasteiger partial charge in [-0.3, -0.25) is 4.79 Å². The number of pyridine rings is 2. The van der Waals surface area contributed by atoms with Crippen LogP contribution < -0.4 is 5.32 Å². The van der Waals surface area contributed by atoms with Gasteiger partial charge in [0.2, 0.25) is 5.91 Å². The number of nitrogens with one attached hydrogen (secondary N) is 1. The standard InChI is InChI=1S/C13H14ClN3O.C2H6/c1-3-8(2)13(18)17-12-5-10-6-15-11(14)4-9(10)7-16-12;1-2/h4-8H,3H2,1-2H3,(H,16,17,18);1-2H3. The number of amides is 1. The van der Waals surface area contributed by atoms with E-state index in [0.717, 1.165) is 17.2 Å². The lowest BCUT2D eigenvalue weighted by Gasteiger charge is -2.09. The SMILES string of the molecule is CC.CCC(C)C(=O)Nc1cc2cnc(Cl)cc2cn1. The van der Waals surface area contributed by atoms with Crippen molar-refractivity contribution < 1.29 is 4.79 Å². The van der Waals surface area contributed by atoms with Crippen molar-refractivity contribution in [2.24, 2.45) is 5.92 Å². The molecule has 0 spiro atoms. The normalized spacial score (nSPS) is 11.4. The fourth-order valence-corrected chi connectivity index (χ4v) is 1.68. The second kappa shape index (κ2) is 7.80. The summed E-state index contributed by atoms with van der Waals surface area (Å²) in [6, 6.07) is 3.53. The van der Waals surface area contributed by atoms with E-state index in [-0.39, 0.29) is 11.8 Å². The molecule has 2 aromatic rings. The van der Waals surface area contributed by atoms with Crippen LogP contribution in [-0.4, -0.2) is 15.9 Å². The van der Waals surface area contributed by atoms with Crippen LogP contribution in [0, 0.1) is 5.92 Å². The molecule has 2 aromatic heterocycles. The Kier molecular flexibility index (Phi) is 6.39. The van der Waals surface area contributed by atoms with E-state index in [2.05, 4.69) is 15.3 Å². The van der Waals surface area contributed by atoms with Crippen LogP contribution in [0.2, 0.25) is 5.15 Å². The van der Waals surface area contributed by atoms with Crippen LogP contribution in [0.3, 0.4) is 0 Å². The molecule has 0 aliphatic rings. The molecule has 0 fully saturated rings. The highest BCUT2D eigenvalue weighted by molar-refractivity contribution is 6.30. The number of fused-ring (bicyclic) bond motifs is 1. The van der Waals surface area contributed by atoms with Crippen molar-refractivity contribution in [2.45, 2.75) is 34.1 Å². The van der Waals surface area contributed by atoms with E-state index in [4.69, 9.17) is 11.6 Å². The van der Waals surface area contributed by atoms with E-state index in [1.54, 1.807) is 24.5 Å². The van der Waals surface area contributed by atoms with Crippen LogP contribution in [0.15, 0.2) is 24.5 Å². The summed E-state index contributed by atoms with van der Waals surface area (Å²) >= 11 is 5.79. The molecule has 20 heavy (non-hydrogen) atoms. The number of nitrogens with zero attached hydrogens (tertiary/aromatic N) is 2.